The van der Waals surface area contributed by atoms with E-state index in [9.17, 15) is 0 Å². The summed E-state index contributed by atoms with van der Waals surface area (Å²) in [4.78, 5) is 12.8. The van der Waals surface area contributed by atoms with Gasteiger partial charge in [0.15, 0.2) is 0 Å². The minimum absolute atomic E-state index is 0.562. The number of para-hydroxylation sites is 1. The van der Waals surface area contributed by atoms with E-state index in [0.717, 1.165) is 33.5 Å². The maximum Gasteiger partial charge on any atom is 0.128 e. The van der Waals surface area contributed by atoms with Gasteiger partial charge in [0, 0.05) is 29.0 Å². The quantitative estimate of drug-likeness (QED) is 0.488. The zero-order valence-electron chi connectivity index (χ0n) is 14.1. The van der Waals surface area contributed by atoms with Gasteiger partial charge < -0.3 is 14.7 Å². The smallest absolute Gasteiger partial charge is 0.128 e. The summed E-state index contributed by atoms with van der Waals surface area (Å²) in [6.45, 7) is 6.14. The van der Waals surface area contributed by atoms with Gasteiger partial charge in [-0.1, -0.05) is 42.6 Å². The van der Waals surface area contributed by atoms with Gasteiger partial charge in [0.05, 0.1) is 5.02 Å². The molecule has 128 valence electrons. The maximum atomic E-state index is 6.51. The number of hydrogen-bond acceptors (Lipinski definition) is 3. The molecular weight excluding hydrogens is 346 g/mol. The van der Waals surface area contributed by atoms with Crippen LogP contribution in [0.3, 0.4) is 0 Å². The Morgan fingerprint density at radius 2 is 1.85 bits per heavy atom. The molecule has 0 fully saturated rings. The molecule has 0 saturated heterocycles. The van der Waals surface area contributed by atoms with E-state index in [4.69, 9.17) is 16.3 Å². The first-order valence-corrected chi connectivity index (χ1v) is 8.46. The number of fused-ring (bicyclic) bond motifs is 1. The van der Waals surface area contributed by atoms with E-state index in [1.165, 1.54) is 6.33 Å². The lowest BCUT2D eigenvalue weighted by atomic mass is 9.99. The number of benzene rings is 2. The predicted octanol–water partition coefficient (Wildman–Crippen LogP) is 5.40. The van der Waals surface area contributed by atoms with Gasteiger partial charge in [0.2, 0.25) is 0 Å². The molecule has 2 aromatic carbocycles. The van der Waals surface area contributed by atoms with E-state index in [-0.39, 0.29) is 0 Å². The highest BCUT2D eigenvalue weighted by atomic mass is 35.5. The zero-order valence-corrected chi connectivity index (χ0v) is 14.9. The van der Waals surface area contributed by atoms with Crippen LogP contribution < -0.4 is 9.72 Å². The first-order chi connectivity index (χ1) is 12.6. The largest absolute Gasteiger partial charge is 0.457 e. The fourth-order valence-corrected chi connectivity index (χ4v) is 3.15. The highest BCUT2D eigenvalue weighted by molar-refractivity contribution is 6.32. The number of rotatable bonds is 4. The Kier molecular flexibility index (Phi) is 4.19. The van der Waals surface area contributed by atoms with E-state index in [1.54, 1.807) is 12.3 Å². The number of hydrogen-bond donors (Lipinski definition) is 0. The van der Waals surface area contributed by atoms with Crippen molar-refractivity contribution in [1.82, 2.24) is 15.0 Å². The van der Waals surface area contributed by atoms with Crippen molar-refractivity contribution in [3.8, 4) is 11.5 Å². The van der Waals surface area contributed by atoms with E-state index in [1.807, 2.05) is 49.4 Å². The molecule has 0 aliphatic rings. The third kappa shape index (κ3) is 2.95. The second-order valence-electron chi connectivity index (χ2n) is 5.86. The minimum Gasteiger partial charge on any atom is -0.457 e. The molecule has 0 bridgehead atoms. The number of nitrogens with zero attached hydrogens (tertiary/aromatic N) is 3. The van der Waals surface area contributed by atoms with Gasteiger partial charge in [0.1, 0.15) is 11.5 Å². The third-order valence-corrected chi connectivity index (χ3v) is 4.48. The molecule has 0 unspecified atom stereocenters. The molecule has 4 aromatic rings. The van der Waals surface area contributed by atoms with Crippen molar-refractivity contribution in [2.45, 2.75) is 6.92 Å². The molecule has 4 nitrogen and oxygen atoms in total. The number of aryl methyl sites for hydroxylation is 1. The molecule has 26 heavy (non-hydrogen) atoms. The van der Waals surface area contributed by atoms with E-state index < -0.39 is 0 Å². The molecule has 0 radical (unpaired) electrons. The molecule has 0 spiro atoms. The molecule has 0 saturated carbocycles. The lowest BCUT2D eigenvalue weighted by molar-refractivity contribution is 0.482. The van der Waals surface area contributed by atoms with Gasteiger partial charge in [-0.05, 0) is 48.0 Å². The summed E-state index contributed by atoms with van der Waals surface area (Å²) in [5.41, 5.74) is 4.01. The van der Waals surface area contributed by atoms with Crippen LogP contribution in [0.15, 0.2) is 67.6 Å². The van der Waals surface area contributed by atoms with Crippen molar-refractivity contribution < 1.29 is 4.74 Å². The van der Waals surface area contributed by atoms with Crippen LogP contribution in [-0.2, 0) is 0 Å². The molecule has 0 aliphatic carbocycles. The Labute approximate surface area is 156 Å². The molecule has 5 heteroatoms. The summed E-state index contributed by atoms with van der Waals surface area (Å²) in [6, 6.07) is 15.1. The van der Waals surface area contributed by atoms with Crippen LogP contribution in [0.4, 0.5) is 0 Å². The molecule has 4 rings (SSSR count). The molecular formula is C21H15ClN3O-. The number of aromatic nitrogens is 3. The number of ether oxygens (including phenoxy) is 1. The van der Waals surface area contributed by atoms with Crippen molar-refractivity contribution >= 4 is 28.2 Å². The van der Waals surface area contributed by atoms with Crippen LogP contribution in [-0.4, -0.2) is 9.97 Å². The van der Waals surface area contributed by atoms with Crippen LogP contribution in [0.2, 0.25) is 5.02 Å². The molecule has 0 amide bonds. The second-order valence-corrected chi connectivity index (χ2v) is 6.27. The maximum absolute atomic E-state index is 6.51. The standard InChI is InChI=1S/C21H15ClN3O/c1-13(18-11-23-21-20(18)14(2)24-12-25-21)17-9-8-16(10-19(17)22)26-15-6-4-3-5-7-15/h3-12H,1H2,2H3/q-1. The average molecular weight is 361 g/mol. The minimum atomic E-state index is 0.562. The monoisotopic (exact) mass is 360 g/mol. The Morgan fingerprint density at radius 3 is 2.62 bits per heavy atom. The molecule has 2 aromatic heterocycles. The summed E-state index contributed by atoms with van der Waals surface area (Å²) in [6.07, 6.45) is 3.28. The van der Waals surface area contributed by atoms with Gasteiger partial charge in [-0.2, -0.15) is 0 Å². The molecule has 0 aliphatic heterocycles. The van der Waals surface area contributed by atoms with Crippen LogP contribution in [0, 0.1) is 6.92 Å². The fourth-order valence-electron chi connectivity index (χ4n) is 2.87. The van der Waals surface area contributed by atoms with Crippen molar-refractivity contribution in [2.75, 3.05) is 0 Å². The average Bonchev–Trinajstić information content (AvgIpc) is 3.08. The van der Waals surface area contributed by atoms with Crippen molar-refractivity contribution in [1.29, 1.82) is 0 Å². The van der Waals surface area contributed by atoms with Crippen LogP contribution in [0.5, 0.6) is 11.5 Å². The first-order valence-electron chi connectivity index (χ1n) is 8.08. The van der Waals surface area contributed by atoms with Gasteiger partial charge in [-0.15, -0.1) is 0 Å². The van der Waals surface area contributed by atoms with Gasteiger partial charge in [0.25, 0.3) is 0 Å². The Morgan fingerprint density at radius 1 is 1.04 bits per heavy atom. The number of halogens is 1. The fraction of sp³-hybridized carbons (Fsp3) is 0.0476. The topological polar surface area (TPSA) is 49.1 Å². The van der Waals surface area contributed by atoms with Crippen LogP contribution >= 0.6 is 11.6 Å². The lowest BCUT2D eigenvalue weighted by Crippen LogP contribution is -1.91. The Hall–Kier alpha value is -3.11. The van der Waals surface area contributed by atoms with Crippen molar-refractivity contribution in [2.24, 2.45) is 0 Å². The summed E-state index contributed by atoms with van der Waals surface area (Å²) < 4.78 is 5.83. The highest BCUT2D eigenvalue weighted by Gasteiger charge is 2.12. The van der Waals surface area contributed by atoms with Crippen molar-refractivity contribution in [3.05, 3.63) is 89.5 Å². The molecule has 0 N–H and O–H groups in total. The van der Waals surface area contributed by atoms with Crippen molar-refractivity contribution in [3.63, 3.8) is 0 Å². The molecule has 2 heterocycles. The Bertz CT molecular complexity index is 1100. The summed E-state index contributed by atoms with van der Waals surface area (Å²) in [7, 11) is 0. The lowest BCUT2D eigenvalue weighted by Gasteiger charge is -2.12. The van der Waals surface area contributed by atoms with Gasteiger partial charge in [-0.3, -0.25) is 4.98 Å². The normalized spacial score (nSPS) is 10.8. The SMILES string of the molecule is C=C(c1ccc(Oc2ccccc2)cc1Cl)c1c[n-]c2ncnc(C)c12. The third-order valence-electron chi connectivity index (χ3n) is 4.17. The van der Waals surface area contributed by atoms with E-state index >= 15 is 0 Å². The van der Waals surface area contributed by atoms with E-state index in [2.05, 4.69) is 21.5 Å². The highest BCUT2D eigenvalue weighted by Crippen LogP contribution is 2.35. The summed E-state index contributed by atoms with van der Waals surface area (Å²) in [5.74, 6) is 1.43. The Balaban J connectivity index is 1.68. The van der Waals surface area contributed by atoms with Crippen LogP contribution in [0.1, 0.15) is 16.8 Å². The van der Waals surface area contributed by atoms with Crippen LogP contribution in [0.25, 0.3) is 16.6 Å². The van der Waals surface area contributed by atoms with Gasteiger partial charge >= 0.3 is 0 Å². The summed E-state index contributed by atoms with van der Waals surface area (Å²) in [5, 5.41) is 1.46. The summed E-state index contributed by atoms with van der Waals surface area (Å²) >= 11 is 6.51. The zero-order chi connectivity index (χ0) is 18.1. The predicted molar refractivity (Wildman–Crippen MR) is 104 cm³/mol. The first kappa shape index (κ1) is 16.4. The molecule has 0 atom stereocenters. The van der Waals surface area contributed by atoms with E-state index in [0.29, 0.717) is 16.4 Å². The second kappa shape index (κ2) is 6.65. The van der Waals surface area contributed by atoms with Gasteiger partial charge in [-0.25, -0.2) is 0 Å².